The van der Waals surface area contributed by atoms with Crippen LogP contribution < -0.4 is 4.90 Å². The quantitative estimate of drug-likeness (QED) is 0.773. The molecule has 2 aromatic rings. The summed E-state index contributed by atoms with van der Waals surface area (Å²) in [7, 11) is 0. The number of carboxylic acids is 1. The Morgan fingerprint density at radius 1 is 1.19 bits per heavy atom. The highest BCUT2D eigenvalue weighted by Gasteiger charge is 2.26. The van der Waals surface area contributed by atoms with Crippen LogP contribution in [-0.2, 0) is 11.2 Å². The van der Waals surface area contributed by atoms with Crippen molar-refractivity contribution < 1.29 is 14.3 Å². The molecule has 0 atom stereocenters. The molecule has 1 aliphatic heterocycles. The minimum atomic E-state index is -0.807. The average molecular weight is 391 g/mol. The minimum absolute atomic E-state index is 0.0399. The van der Waals surface area contributed by atoms with Gasteiger partial charge in [0, 0.05) is 36.4 Å². The van der Waals surface area contributed by atoms with Gasteiger partial charge in [-0.25, -0.2) is 4.39 Å². The monoisotopic (exact) mass is 390 g/mol. The predicted octanol–water partition coefficient (Wildman–Crippen LogP) is 4.08. The van der Waals surface area contributed by atoms with Crippen molar-refractivity contribution in [3.05, 3.63) is 64.9 Å². The summed E-state index contributed by atoms with van der Waals surface area (Å²) in [6, 6.07) is 14.5. The Morgan fingerprint density at radius 2 is 1.89 bits per heavy atom. The van der Waals surface area contributed by atoms with E-state index in [1.54, 1.807) is 12.1 Å². The lowest BCUT2D eigenvalue weighted by atomic mass is 10.0. The number of piperidine rings is 1. The molecule has 1 heterocycles. The number of hydrogen-bond acceptors (Lipinski definition) is 3. The summed E-state index contributed by atoms with van der Waals surface area (Å²) >= 11 is 5.92. The lowest BCUT2D eigenvalue weighted by molar-refractivity contribution is -0.139. The first-order valence-corrected chi connectivity index (χ1v) is 9.60. The molecule has 0 spiro atoms. The zero-order valence-corrected chi connectivity index (χ0v) is 15.9. The van der Waals surface area contributed by atoms with E-state index in [4.69, 9.17) is 11.6 Å². The van der Waals surface area contributed by atoms with Crippen molar-refractivity contribution in [3.63, 3.8) is 0 Å². The van der Waals surface area contributed by atoms with E-state index in [9.17, 15) is 14.3 Å². The first-order valence-electron chi connectivity index (χ1n) is 9.22. The van der Waals surface area contributed by atoms with E-state index in [-0.39, 0.29) is 18.4 Å². The lowest BCUT2D eigenvalue weighted by Crippen LogP contribution is -2.47. The molecule has 6 heteroatoms. The van der Waals surface area contributed by atoms with E-state index >= 15 is 0 Å². The molecule has 1 saturated heterocycles. The fourth-order valence-corrected chi connectivity index (χ4v) is 3.78. The standard InChI is InChI=1S/C21H24ClFN2O2/c22-17-6-4-16(5-7-17)8-11-25(15-21(26)27)19-9-12-24(13-10-19)20-3-1-2-18(23)14-20/h1-7,14,19H,8-13,15H2,(H,26,27). The van der Waals surface area contributed by atoms with Crippen molar-refractivity contribution in [1.82, 2.24) is 4.90 Å². The second-order valence-electron chi connectivity index (χ2n) is 6.94. The third kappa shape index (κ3) is 5.68. The molecule has 1 fully saturated rings. The number of carbonyl (C=O) groups is 1. The summed E-state index contributed by atoms with van der Waals surface area (Å²) in [5.41, 5.74) is 2.03. The zero-order chi connectivity index (χ0) is 19.2. The van der Waals surface area contributed by atoms with Crippen LogP contribution in [0.25, 0.3) is 0 Å². The number of halogens is 2. The molecule has 0 aromatic heterocycles. The van der Waals surface area contributed by atoms with Gasteiger partial charge in [-0.3, -0.25) is 9.69 Å². The topological polar surface area (TPSA) is 43.8 Å². The van der Waals surface area contributed by atoms with Crippen molar-refractivity contribution in [3.8, 4) is 0 Å². The van der Waals surface area contributed by atoms with Crippen LogP contribution in [0.3, 0.4) is 0 Å². The maximum Gasteiger partial charge on any atom is 0.317 e. The third-order valence-corrected chi connectivity index (χ3v) is 5.35. The SMILES string of the molecule is O=C(O)CN(CCc1ccc(Cl)cc1)C1CCN(c2cccc(F)c2)CC1. The Hall–Kier alpha value is -2.11. The van der Waals surface area contributed by atoms with Crippen molar-refractivity contribution in [2.45, 2.75) is 25.3 Å². The van der Waals surface area contributed by atoms with E-state index in [1.807, 2.05) is 30.3 Å². The number of rotatable bonds is 7. The third-order valence-electron chi connectivity index (χ3n) is 5.09. The Labute approximate surface area is 164 Å². The summed E-state index contributed by atoms with van der Waals surface area (Å²) in [6.07, 6.45) is 2.52. The van der Waals surface area contributed by atoms with Gasteiger partial charge in [-0.15, -0.1) is 0 Å². The van der Waals surface area contributed by atoms with Crippen LogP contribution >= 0.6 is 11.6 Å². The van der Waals surface area contributed by atoms with Gasteiger partial charge in [-0.05, 0) is 55.2 Å². The molecular formula is C21H24ClFN2O2. The average Bonchev–Trinajstić information content (AvgIpc) is 2.66. The van der Waals surface area contributed by atoms with Crippen molar-refractivity contribution in [2.24, 2.45) is 0 Å². The second kappa shape index (κ2) is 9.20. The normalized spacial score (nSPS) is 15.3. The van der Waals surface area contributed by atoms with Gasteiger partial charge in [-0.1, -0.05) is 29.8 Å². The Kier molecular flexibility index (Phi) is 6.69. The molecule has 0 unspecified atom stereocenters. The van der Waals surface area contributed by atoms with Crippen LogP contribution in [-0.4, -0.2) is 48.2 Å². The van der Waals surface area contributed by atoms with Crippen LogP contribution in [0, 0.1) is 5.82 Å². The smallest absolute Gasteiger partial charge is 0.317 e. The van der Waals surface area contributed by atoms with Gasteiger partial charge in [0.1, 0.15) is 5.82 Å². The van der Waals surface area contributed by atoms with Crippen LogP contribution in [0.5, 0.6) is 0 Å². The number of hydrogen-bond donors (Lipinski definition) is 1. The molecular weight excluding hydrogens is 367 g/mol. The van der Waals surface area contributed by atoms with Crippen molar-refractivity contribution >= 4 is 23.3 Å². The molecule has 0 saturated carbocycles. The molecule has 0 amide bonds. The van der Waals surface area contributed by atoms with Gasteiger partial charge >= 0.3 is 5.97 Å². The summed E-state index contributed by atoms with van der Waals surface area (Å²) in [4.78, 5) is 15.5. The predicted molar refractivity (Wildman–Crippen MR) is 106 cm³/mol. The Bertz CT molecular complexity index is 761. The molecule has 3 rings (SSSR count). The maximum absolute atomic E-state index is 13.4. The summed E-state index contributed by atoms with van der Waals surface area (Å²) in [6.45, 7) is 2.33. The van der Waals surface area contributed by atoms with Crippen molar-refractivity contribution in [2.75, 3.05) is 31.1 Å². The summed E-state index contributed by atoms with van der Waals surface area (Å²) in [5.74, 6) is -1.04. The maximum atomic E-state index is 13.4. The van der Waals surface area contributed by atoms with Gasteiger partial charge in [-0.2, -0.15) is 0 Å². The highest BCUT2D eigenvalue weighted by Crippen LogP contribution is 2.23. The molecule has 1 N–H and O–H groups in total. The first kappa shape index (κ1) is 19.6. The Balaban J connectivity index is 1.58. The fourth-order valence-electron chi connectivity index (χ4n) is 3.65. The molecule has 1 aliphatic rings. The fraction of sp³-hybridized carbons (Fsp3) is 0.381. The molecule has 2 aromatic carbocycles. The van der Waals surface area contributed by atoms with Gasteiger partial charge in [0.05, 0.1) is 6.54 Å². The summed E-state index contributed by atoms with van der Waals surface area (Å²) in [5, 5.41) is 10.00. The largest absolute Gasteiger partial charge is 0.480 e. The number of benzene rings is 2. The highest BCUT2D eigenvalue weighted by molar-refractivity contribution is 6.30. The Morgan fingerprint density at radius 3 is 2.52 bits per heavy atom. The van der Waals surface area contributed by atoms with Crippen LogP contribution in [0.15, 0.2) is 48.5 Å². The molecule has 0 bridgehead atoms. The molecule has 27 heavy (non-hydrogen) atoms. The highest BCUT2D eigenvalue weighted by atomic mass is 35.5. The minimum Gasteiger partial charge on any atom is -0.480 e. The molecule has 4 nitrogen and oxygen atoms in total. The van der Waals surface area contributed by atoms with E-state index in [0.717, 1.165) is 43.6 Å². The molecule has 0 aliphatic carbocycles. The number of anilines is 1. The van der Waals surface area contributed by atoms with E-state index in [0.29, 0.717) is 11.6 Å². The van der Waals surface area contributed by atoms with E-state index < -0.39 is 5.97 Å². The van der Waals surface area contributed by atoms with Gasteiger partial charge in [0.2, 0.25) is 0 Å². The van der Waals surface area contributed by atoms with Gasteiger partial charge in [0.25, 0.3) is 0 Å². The number of aliphatic carboxylic acids is 1. The van der Waals surface area contributed by atoms with Crippen LogP contribution in [0.1, 0.15) is 18.4 Å². The van der Waals surface area contributed by atoms with Crippen molar-refractivity contribution in [1.29, 1.82) is 0 Å². The lowest BCUT2D eigenvalue weighted by Gasteiger charge is -2.39. The number of carboxylic acid groups (broad SMARTS) is 1. The van der Waals surface area contributed by atoms with Crippen LogP contribution in [0.4, 0.5) is 10.1 Å². The van der Waals surface area contributed by atoms with Crippen LogP contribution in [0.2, 0.25) is 5.02 Å². The molecule has 144 valence electrons. The second-order valence-corrected chi connectivity index (χ2v) is 7.38. The number of nitrogens with zero attached hydrogens (tertiary/aromatic N) is 2. The molecule has 0 radical (unpaired) electrons. The van der Waals surface area contributed by atoms with Gasteiger partial charge < -0.3 is 10.0 Å². The van der Waals surface area contributed by atoms with E-state index in [1.165, 1.54) is 6.07 Å². The van der Waals surface area contributed by atoms with E-state index in [2.05, 4.69) is 9.80 Å². The zero-order valence-electron chi connectivity index (χ0n) is 15.2. The van der Waals surface area contributed by atoms with Gasteiger partial charge in [0.15, 0.2) is 0 Å². The summed E-state index contributed by atoms with van der Waals surface area (Å²) < 4.78 is 13.4. The first-order chi connectivity index (χ1) is 13.0.